The summed E-state index contributed by atoms with van der Waals surface area (Å²) in [7, 11) is 0. The van der Waals surface area contributed by atoms with Crippen LogP contribution >= 0.6 is 0 Å². The normalized spacial score (nSPS) is 12.6. The van der Waals surface area contributed by atoms with Crippen LogP contribution in [0.3, 0.4) is 0 Å². The maximum Gasteiger partial charge on any atom is 0.306 e. The fraction of sp³-hybridized carbons (Fsp3) is 0.764. The monoisotopic (exact) mass is 1090 g/mol. The van der Waals surface area contributed by atoms with E-state index in [1.54, 1.807) is 0 Å². The summed E-state index contributed by atoms with van der Waals surface area (Å²) in [6.45, 7) is 6.55. The smallest absolute Gasteiger partial charge is 0.306 e. The summed E-state index contributed by atoms with van der Waals surface area (Å²) in [5, 5.41) is 0. The van der Waals surface area contributed by atoms with Crippen LogP contribution in [0.4, 0.5) is 0 Å². The fourth-order valence-corrected chi connectivity index (χ4v) is 9.66. The van der Waals surface area contributed by atoms with Crippen molar-refractivity contribution in [1.29, 1.82) is 0 Å². The predicted octanol–water partition coefficient (Wildman–Crippen LogP) is 23.1. The Morgan fingerprint density at radius 1 is 0.269 bits per heavy atom. The number of esters is 3. The second-order valence-electron chi connectivity index (χ2n) is 22.4. The molecule has 450 valence electrons. The zero-order valence-electron chi connectivity index (χ0n) is 51.7. The number of hydrogen-bond donors (Lipinski definition) is 0. The van der Waals surface area contributed by atoms with Gasteiger partial charge in [-0.1, -0.05) is 324 Å². The SMILES string of the molecule is CC/C=C\C/C=C\C/C=C\C/C=C\C/C=C\C/C=C\C/C=C\CCCCCCCCCCCC(=O)OCC(COC(=O)CCCCCCCCCCCC)OC(=O)CCCCCCCCCCCCCCCCCCCCC. The van der Waals surface area contributed by atoms with E-state index in [0.717, 1.165) is 109 Å². The van der Waals surface area contributed by atoms with Crippen molar-refractivity contribution in [2.24, 2.45) is 0 Å². The van der Waals surface area contributed by atoms with E-state index in [1.165, 1.54) is 186 Å². The molecule has 0 heterocycles. The molecule has 78 heavy (non-hydrogen) atoms. The van der Waals surface area contributed by atoms with Gasteiger partial charge in [-0.25, -0.2) is 0 Å². The Balaban J connectivity index is 4.20. The van der Waals surface area contributed by atoms with Crippen LogP contribution in [-0.2, 0) is 28.6 Å². The quantitative estimate of drug-likeness (QED) is 0.0261. The lowest BCUT2D eigenvalue weighted by molar-refractivity contribution is -0.167. The van der Waals surface area contributed by atoms with Crippen LogP contribution in [0.25, 0.3) is 0 Å². The van der Waals surface area contributed by atoms with E-state index in [1.807, 2.05) is 0 Å². The van der Waals surface area contributed by atoms with Gasteiger partial charge in [-0.2, -0.15) is 0 Å². The Kier molecular flexibility index (Phi) is 63.2. The number of hydrogen-bond acceptors (Lipinski definition) is 6. The summed E-state index contributed by atoms with van der Waals surface area (Å²) in [6, 6.07) is 0. The Hall–Kier alpha value is -3.41. The van der Waals surface area contributed by atoms with E-state index in [4.69, 9.17) is 14.2 Å². The van der Waals surface area contributed by atoms with Crippen molar-refractivity contribution in [2.45, 2.75) is 341 Å². The molecular weight excluding hydrogens is 961 g/mol. The Labute approximate surface area is 484 Å². The van der Waals surface area contributed by atoms with Crippen molar-refractivity contribution >= 4 is 17.9 Å². The summed E-state index contributed by atoms with van der Waals surface area (Å²) in [6.07, 6.45) is 87.5. The van der Waals surface area contributed by atoms with Gasteiger partial charge in [0.15, 0.2) is 6.10 Å². The highest BCUT2D eigenvalue weighted by Crippen LogP contribution is 2.17. The van der Waals surface area contributed by atoms with E-state index >= 15 is 0 Å². The highest BCUT2D eigenvalue weighted by Gasteiger charge is 2.19. The maximum atomic E-state index is 12.9. The van der Waals surface area contributed by atoms with Crippen LogP contribution in [0.5, 0.6) is 0 Å². The molecule has 0 saturated carbocycles. The maximum absolute atomic E-state index is 12.9. The second kappa shape index (κ2) is 66.1. The molecule has 0 rings (SSSR count). The molecule has 0 aliphatic heterocycles. The summed E-state index contributed by atoms with van der Waals surface area (Å²) < 4.78 is 16.9. The number of carbonyl (C=O) groups excluding carboxylic acids is 3. The van der Waals surface area contributed by atoms with Gasteiger partial charge in [0, 0.05) is 19.3 Å². The predicted molar refractivity (Wildman–Crippen MR) is 339 cm³/mol. The highest BCUT2D eigenvalue weighted by atomic mass is 16.6. The van der Waals surface area contributed by atoms with Gasteiger partial charge >= 0.3 is 17.9 Å². The molecule has 0 amide bonds. The third kappa shape index (κ3) is 63.4. The first-order chi connectivity index (χ1) is 38.5. The van der Waals surface area contributed by atoms with Gasteiger partial charge in [0.2, 0.25) is 0 Å². The Bertz CT molecular complexity index is 1480. The lowest BCUT2D eigenvalue weighted by Gasteiger charge is -2.18. The van der Waals surface area contributed by atoms with Gasteiger partial charge < -0.3 is 14.2 Å². The van der Waals surface area contributed by atoms with Crippen molar-refractivity contribution in [3.05, 3.63) is 85.1 Å². The topological polar surface area (TPSA) is 78.9 Å². The van der Waals surface area contributed by atoms with Crippen LogP contribution in [0.15, 0.2) is 85.1 Å². The van der Waals surface area contributed by atoms with Gasteiger partial charge in [0.25, 0.3) is 0 Å². The minimum Gasteiger partial charge on any atom is -0.462 e. The first kappa shape index (κ1) is 74.6. The molecule has 1 atom stereocenters. The Morgan fingerprint density at radius 3 is 0.782 bits per heavy atom. The first-order valence-electron chi connectivity index (χ1n) is 33.6. The molecule has 6 heteroatoms. The van der Waals surface area contributed by atoms with Gasteiger partial charge in [-0.15, -0.1) is 0 Å². The lowest BCUT2D eigenvalue weighted by Crippen LogP contribution is -2.30. The number of carbonyl (C=O) groups is 3. The van der Waals surface area contributed by atoms with Crippen LogP contribution in [0, 0.1) is 0 Å². The van der Waals surface area contributed by atoms with Crippen molar-refractivity contribution in [2.75, 3.05) is 13.2 Å². The average molecular weight is 1090 g/mol. The molecule has 0 fully saturated rings. The molecule has 0 aliphatic carbocycles. The summed E-state index contributed by atoms with van der Waals surface area (Å²) >= 11 is 0. The zero-order valence-corrected chi connectivity index (χ0v) is 51.7. The Morgan fingerprint density at radius 2 is 0.500 bits per heavy atom. The standard InChI is InChI=1S/C72H126O6/c1-4-7-10-13-16-19-22-24-26-28-30-31-32-33-34-35-36-37-38-39-40-41-43-44-46-48-50-53-56-59-62-65-71(74)77-68-69(67-76-70(73)64-61-58-55-52-21-18-15-12-9-6-3)78-72(75)66-63-60-57-54-51-49-47-45-42-29-27-25-23-20-17-14-11-8-5-2/h7,10,16,19,24,26,30-31,33-34,36-37,39-40,69H,4-6,8-9,11-15,17-18,20-23,25,27-29,32,35,38,41-68H2,1-3H3/b10-7-,19-16-,26-24-,31-30-,34-33-,37-36-,40-39-. The van der Waals surface area contributed by atoms with Gasteiger partial charge in [-0.3, -0.25) is 14.4 Å². The number of allylic oxidation sites excluding steroid dienone is 14. The van der Waals surface area contributed by atoms with Gasteiger partial charge in [0.1, 0.15) is 13.2 Å². The van der Waals surface area contributed by atoms with E-state index in [2.05, 4.69) is 106 Å². The minimum absolute atomic E-state index is 0.0728. The minimum atomic E-state index is -0.775. The van der Waals surface area contributed by atoms with E-state index in [-0.39, 0.29) is 31.1 Å². The molecule has 6 nitrogen and oxygen atoms in total. The summed E-state index contributed by atoms with van der Waals surface area (Å²) in [5.74, 6) is -0.863. The second-order valence-corrected chi connectivity index (χ2v) is 22.4. The largest absolute Gasteiger partial charge is 0.462 e. The molecular formula is C72H126O6. The van der Waals surface area contributed by atoms with Crippen molar-refractivity contribution in [3.63, 3.8) is 0 Å². The third-order valence-corrected chi connectivity index (χ3v) is 14.7. The molecule has 0 saturated heterocycles. The lowest BCUT2D eigenvalue weighted by atomic mass is 10.0. The molecule has 0 aromatic carbocycles. The highest BCUT2D eigenvalue weighted by molar-refractivity contribution is 5.71. The average Bonchev–Trinajstić information content (AvgIpc) is 3.44. The van der Waals surface area contributed by atoms with Crippen LogP contribution in [0.2, 0.25) is 0 Å². The molecule has 0 aromatic heterocycles. The van der Waals surface area contributed by atoms with E-state index < -0.39 is 6.10 Å². The van der Waals surface area contributed by atoms with Gasteiger partial charge in [-0.05, 0) is 77.0 Å². The third-order valence-electron chi connectivity index (χ3n) is 14.7. The molecule has 0 spiro atoms. The molecule has 1 unspecified atom stereocenters. The van der Waals surface area contributed by atoms with Crippen molar-refractivity contribution in [1.82, 2.24) is 0 Å². The first-order valence-corrected chi connectivity index (χ1v) is 33.6. The molecule has 0 bridgehead atoms. The molecule has 0 aliphatic rings. The molecule has 0 radical (unpaired) electrons. The van der Waals surface area contributed by atoms with Crippen LogP contribution in [-0.4, -0.2) is 37.2 Å². The van der Waals surface area contributed by atoms with Crippen molar-refractivity contribution in [3.8, 4) is 0 Å². The number of rotatable bonds is 61. The van der Waals surface area contributed by atoms with E-state index in [9.17, 15) is 14.4 Å². The fourth-order valence-electron chi connectivity index (χ4n) is 9.66. The summed E-state index contributed by atoms with van der Waals surface area (Å²) in [4.78, 5) is 38.3. The molecule has 0 N–H and O–H groups in total. The van der Waals surface area contributed by atoms with Gasteiger partial charge in [0.05, 0.1) is 0 Å². The van der Waals surface area contributed by atoms with E-state index in [0.29, 0.717) is 19.3 Å². The van der Waals surface area contributed by atoms with Crippen LogP contribution in [0.1, 0.15) is 335 Å². The number of ether oxygens (including phenoxy) is 3. The number of unbranched alkanes of at least 4 members (excludes halogenated alkanes) is 36. The zero-order chi connectivity index (χ0) is 56.4. The van der Waals surface area contributed by atoms with Crippen LogP contribution < -0.4 is 0 Å². The summed E-state index contributed by atoms with van der Waals surface area (Å²) in [5.41, 5.74) is 0. The molecule has 0 aromatic rings. The van der Waals surface area contributed by atoms with Crippen molar-refractivity contribution < 1.29 is 28.6 Å².